The number of nitrogens with one attached hydrogen (secondary N) is 2. The van der Waals surface area contributed by atoms with Crippen molar-refractivity contribution < 1.29 is 14.4 Å². The SMILES string of the molecule is O=C(NC1CC1)c1ccc(-c2ccc(C(=O)NCCCN3CCCC3=O)s2)cc1. The van der Waals surface area contributed by atoms with Gasteiger partial charge in [-0.1, -0.05) is 12.1 Å². The van der Waals surface area contributed by atoms with Gasteiger partial charge in [-0.15, -0.1) is 11.3 Å². The summed E-state index contributed by atoms with van der Waals surface area (Å²) in [5, 5.41) is 5.91. The van der Waals surface area contributed by atoms with Crippen molar-refractivity contribution in [3.8, 4) is 10.4 Å². The Morgan fingerprint density at radius 2 is 1.86 bits per heavy atom. The van der Waals surface area contributed by atoms with E-state index in [2.05, 4.69) is 10.6 Å². The fourth-order valence-corrected chi connectivity index (χ4v) is 4.32. The van der Waals surface area contributed by atoms with Crippen molar-refractivity contribution in [1.29, 1.82) is 0 Å². The molecule has 0 radical (unpaired) electrons. The molecule has 3 amide bonds. The first-order valence-electron chi connectivity index (χ1n) is 10.2. The molecule has 0 atom stereocenters. The number of rotatable bonds is 8. The molecule has 1 saturated heterocycles. The lowest BCUT2D eigenvalue weighted by Gasteiger charge is -2.15. The third-order valence-corrected chi connectivity index (χ3v) is 6.37. The monoisotopic (exact) mass is 411 g/mol. The first-order chi connectivity index (χ1) is 14.1. The van der Waals surface area contributed by atoms with Crippen LogP contribution in [0.4, 0.5) is 0 Å². The van der Waals surface area contributed by atoms with Gasteiger partial charge in [0.05, 0.1) is 4.88 Å². The van der Waals surface area contributed by atoms with Crippen LogP contribution in [0.25, 0.3) is 10.4 Å². The summed E-state index contributed by atoms with van der Waals surface area (Å²) < 4.78 is 0. The van der Waals surface area contributed by atoms with Crippen LogP contribution < -0.4 is 10.6 Å². The number of carbonyl (C=O) groups is 3. The topological polar surface area (TPSA) is 78.5 Å². The molecule has 1 aromatic heterocycles. The minimum atomic E-state index is -0.0885. The van der Waals surface area contributed by atoms with Crippen LogP contribution in [-0.2, 0) is 4.79 Å². The Morgan fingerprint density at radius 3 is 2.55 bits per heavy atom. The van der Waals surface area contributed by atoms with E-state index in [1.807, 2.05) is 41.3 Å². The first-order valence-corrected chi connectivity index (χ1v) is 11.0. The number of thiophene rings is 1. The fraction of sp³-hybridized carbons (Fsp3) is 0.409. The van der Waals surface area contributed by atoms with Crippen LogP contribution in [0.15, 0.2) is 36.4 Å². The summed E-state index contributed by atoms with van der Waals surface area (Å²) in [6.45, 7) is 2.10. The molecule has 1 aromatic carbocycles. The summed E-state index contributed by atoms with van der Waals surface area (Å²) in [5.41, 5.74) is 1.65. The Labute approximate surface area is 174 Å². The minimum Gasteiger partial charge on any atom is -0.351 e. The van der Waals surface area contributed by atoms with Crippen molar-refractivity contribution in [1.82, 2.24) is 15.5 Å². The van der Waals surface area contributed by atoms with Gasteiger partial charge in [-0.05, 0) is 55.5 Å². The molecule has 2 aliphatic rings. The highest BCUT2D eigenvalue weighted by atomic mass is 32.1. The van der Waals surface area contributed by atoms with E-state index in [4.69, 9.17) is 0 Å². The Balaban J connectivity index is 1.27. The van der Waals surface area contributed by atoms with E-state index in [0.29, 0.717) is 36.0 Å². The van der Waals surface area contributed by atoms with Gasteiger partial charge in [0, 0.05) is 42.5 Å². The second-order valence-corrected chi connectivity index (χ2v) is 8.67. The highest BCUT2D eigenvalue weighted by Gasteiger charge is 2.23. The summed E-state index contributed by atoms with van der Waals surface area (Å²) in [5.74, 6) is 0.102. The Bertz CT molecular complexity index is 902. The third-order valence-electron chi connectivity index (χ3n) is 5.24. The average molecular weight is 412 g/mol. The molecule has 2 fully saturated rings. The van der Waals surface area contributed by atoms with Crippen molar-refractivity contribution in [2.45, 2.75) is 38.1 Å². The van der Waals surface area contributed by atoms with Crippen LogP contribution in [0, 0.1) is 0 Å². The van der Waals surface area contributed by atoms with Crippen LogP contribution in [-0.4, -0.2) is 48.3 Å². The van der Waals surface area contributed by atoms with Gasteiger partial charge in [-0.3, -0.25) is 14.4 Å². The van der Waals surface area contributed by atoms with Crippen LogP contribution in [0.1, 0.15) is 52.1 Å². The lowest BCUT2D eigenvalue weighted by molar-refractivity contribution is -0.127. The summed E-state index contributed by atoms with van der Waals surface area (Å²) in [4.78, 5) is 39.6. The summed E-state index contributed by atoms with van der Waals surface area (Å²) >= 11 is 1.44. The van der Waals surface area contributed by atoms with Gasteiger partial charge in [-0.25, -0.2) is 0 Å². The lowest BCUT2D eigenvalue weighted by Crippen LogP contribution is -2.30. The number of hydrogen-bond acceptors (Lipinski definition) is 4. The van der Waals surface area contributed by atoms with Crippen molar-refractivity contribution in [3.63, 3.8) is 0 Å². The molecule has 2 aromatic rings. The highest BCUT2D eigenvalue weighted by molar-refractivity contribution is 7.17. The Morgan fingerprint density at radius 1 is 1.07 bits per heavy atom. The molecule has 1 saturated carbocycles. The molecular formula is C22H25N3O3S. The maximum Gasteiger partial charge on any atom is 0.261 e. The maximum absolute atomic E-state index is 12.4. The zero-order valence-electron chi connectivity index (χ0n) is 16.3. The number of carbonyl (C=O) groups excluding carboxylic acids is 3. The summed E-state index contributed by atoms with van der Waals surface area (Å²) in [7, 11) is 0. The molecule has 0 bridgehead atoms. The van der Waals surface area contributed by atoms with E-state index in [-0.39, 0.29) is 17.7 Å². The molecule has 4 rings (SSSR count). The largest absolute Gasteiger partial charge is 0.351 e. The van der Waals surface area contributed by atoms with Crippen molar-refractivity contribution in [2.24, 2.45) is 0 Å². The molecule has 2 heterocycles. The maximum atomic E-state index is 12.4. The number of amides is 3. The number of hydrogen-bond donors (Lipinski definition) is 2. The van der Waals surface area contributed by atoms with Crippen molar-refractivity contribution in [3.05, 3.63) is 46.8 Å². The van der Waals surface area contributed by atoms with E-state index in [1.165, 1.54) is 11.3 Å². The number of benzene rings is 1. The molecule has 7 heteroatoms. The summed E-state index contributed by atoms with van der Waals surface area (Å²) in [6, 6.07) is 11.6. The van der Waals surface area contributed by atoms with Crippen LogP contribution in [0.2, 0.25) is 0 Å². The molecule has 29 heavy (non-hydrogen) atoms. The van der Waals surface area contributed by atoms with E-state index in [9.17, 15) is 14.4 Å². The van der Waals surface area contributed by atoms with Crippen LogP contribution in [0.5, 0.6) is 0 Å². The number of nitrogens with zero attached hydrogens (tertiary/aromatic N) is 1. The smallest absolute Gasteiger partial charge is 0.261 e. The molecular weight excluding hydrogens is 386 g/mol. The third kappa shape index (κ3) is 5.03. The Kier molecular flexibility index (Phi) is 5.94. The minimum absolute atomic E-state index is 0.0269. The predicted molar refractivity (Wildman–Crippen MR) is 113 cm³/mol. The second kappa shape index (κ2) is 8.78. The van der Waals surface area contributed by atoms with Crippen LogP contribution >= 0.6 is 11.3 Å². The average Bonchev–Trinajstić information content (AvgIpc) is 3.24. The molecule has 0 spiro atoms. The highest BCUT2D eigenvalue weighted by Crippen LogP contribution is 2.28. The normalized spacial score (nSPS) is 16.1. The standard InChI is InChI=1S/C22H25N3O3S/c26-20-3-1-13-25(20)14-2-12-23-22(28)19-11-10-18(29-19)15-4-6-16(7-5-15)21(27)24-17-8-9-17/h4-7,10-11,17H,1-3,8-9,12-14H2,(H,23,28)(H,24,27). The zero-order chi connectivity index (χ0) is 20.2. The second-order valence-electron chi connectivity index (χ2n) is 7.58. The quantitative estimate of drug-likeness (QED) is 0.656. The molecule has 1 aliphatic heterocycles. The molecule has 1 aliphatic carbocycles. The van der Waals surface area contributed by atoms with E-state index < -0.39 is 0 Å². The fourth-order valence-electron chi connectivity index (χ4n) is 3.40. The Hall–Kier alpha value is -2.67. The van der Waals surface area contributed by atoms with E-state index in [1.54, 1.807) is 0 Å². The van der Waals surface area contributed by atoms with Crippen LogP contribution in [0.3, 0.4) is 0 Å². The molecule has 152 valence electrons. The van der Waals surface area contributed by atoms with Gasteiger partial charge in [-0.2, -0.15) is 0 Å². The summed E-state index contributed by atoms with van der Waals surface area (Å²) in [6.07, 6.45) is 4.49. The van der Waals surface area contributed by atoms with Gasteiger partial charge >= 0.3 is 0 Å². The molecule has 6 nitrogen and oxygen atoms in total. The number of likely N-dealkylation sites (tertiary alicyclic amines) is 1. The lowest BCUT2D eigenvalue weighted by atomic mass is 10.1. The zero-order valence-corrected chi connectivity index (χ0v) is 17.1. The van der Waals surface area contributed by atoms with E-state index in [0.717, 1.165) is 42.7 Å². The van der Waals surface area contributed by atoms with Crippen molar-refractivity contribution in [2.75, 3.05) is 19.6 Å². The van der Waals surface area contributed by atoms with Gasteiger partial charge < -0.3 is 15.5 Å². The first kappa shape index (κ1) is 19.6. The molecule has 2 N–H and O–H groups in total. The molecule has 0 unspecified atom stereocenters. The van der Waals surface area contributed by atoms with E-state index >= 15 is 0 Å². The van der Waals surface area contributed by atoms with Crippen molar-refractivity contribution >= 4 is 29.1 Å². The van der Waals surface area contributed by atoms with Gasteiger partial charge in [0.25, 0.3) is 11.8 Å². The van der Waals surface area contributed by atoms with Gasteiger partial charge in [0.15, 0.2) is 0 Å². The van der Waals surface area contributed by atoms with Gasteiger partial charge in [0.2, 0.25) is 5.91 Å². The predicted octanol–water partition coefficient (Wildman–Crippen LogP) is 3.05. The van der Waals surface area contributed by atoms with Gasteiger partial charge in [0.1, 0.15) is 0 Å².